The van der Waals surface area contributed by atoms with Gasteiger partial charge in [-0.2, -0.15) is 13.2 Å². The minimum atomic E-state index is -4.54. The molecule has 2 heterocycles. The SMILES string of the molecule is CCSc1cc2c(nc1C(=O)NC1=CC(C(F)(F)F)=CNC1Cl)CCC=C2. The lowest BCUT2D eigenvalue weighted by Crippen LogP contribution is -2.37. The lowest BCUT2D eigenvalue weighted by atomic mass is 10.0. The summed E-state index contributed by atoms with van der Waals surface area (Å²) in [5.41, 5.74) is 0.0124. The van der Waals surface area contributed by atoms with E-state index in [0.717, 1.165) is 35.7 Å². The van der Waals surface area contributed by atoms with E-state index in [1.165, 1.54) is 11.8 Å². The molecule has 1 aliphatic heterocycles. The number of rotatable bonds is 4. The van der Waals surface area contributed by atoms with Crippen molar-refractivity contribution in [2.75, 3.05) is 5.75 Å². The Kier molecular flexibility index (Phi) is 5.86. The maximum Gasteiger partial charge on any atom is 0.417 e. The van der Waals surface area contributed by atoms with Gasteiger partial charge in [-0.25, -0.2) is 4.98 Å². The summed E-state index contributed by atoms with van der Waals surface area (Å²) >= 11 is 7.46. The third kappa shape index (κ3) is 4.50. The highest BCUT2D eigenvalue weighted by atomic mass is 35.5. The Morgan fingerprint density at radius 1 is 1.48 bits per heavy atom. The van der Waals surface area contributed by atoms with Gasteiger partial charge < -0.3 is 10.6 Å². The summed E-state index contributed by atoms with van der Waals surface area (Å²) in [7, 11) is 0. The summed E-state index contributed by atoms with van der Waals surface area (Å²) in [5, 5.41) is 4.89. The van der Waals surface area contributed by atoms with Crippen LogP contribution < -0.4 is 10.6 Å². The molecule has 0 saturated carbocycles. The number of dihydropyridines is 1. The van der Waals surface area contributed by atoms with Gasteiger partial charge in [-0.3, -0.25) is 4.79 Å². The summed E-state index contributed by atoms with van der Waals surface area (Å²) < 4.78 is 38.8. The molecule has 1 amide bonds. The molecule has 1 aromatic rings. The van der Waals surface area contributed by atoms with Crippen LogP contribution in [0.15, 0.2) is 40.6 Å². The number of thioether (sulfide) groups is 1. The normalized spacial score (nSPS) is 18.9. The average molecular weight is 416 g/mol. The van der Waals surface area contributed by atoms with Gasteiger partial charge in [0.2, 0.25) is 0 Å². The number of fused-ring (bicyclic) bond motifs is 1. The molecule has 27 heavy (non-hydrogen) atoms. The molecular weight excluding hydrogens is 399 g/mol. The highest BCUT2D eigenvalue weighted by Crippen LogP contribution is 2.31. The van der Waals surface area contributed by atoms with Crippen LogP contribution in [0.2, 0.25) is 0 Å². The predicted octanol–water partition coefficient (Wildman–Crippen LogP) is 4.38. The van der Waals surface area contributed by atoms with Crippen molar-refractivity contribution in [1.82, 2.24) is 15.6 Å². The molecule has 0 spiro atoms. The van der Waals surface area contributed by atoms with E-state index >= 15 is 0 Å². The third-order valence-corrected chi connectivity index (χ3v) is 5.29. The maximum absolute atomic E-state index is 12.9. The minimum absolute atomic E-state index is 0.0663. The van der Waals surface area contributed by atoms with Crippen molar-refractivity contribution >= 4 is 35.3 Å². The minimum Gasteiger partial charge on any atom is -0.370 e. The highest BCUT2D eigenvalue weighted by molar-refractivity contribution is 7.99. The molecule has 2 aliphatic rings. The second kappa shape index (κ2) is 7.98. The molecule has 0 saturated heterocycles. The van der Waals surface area contributed by atoms with E-state index in [9.17, 15) is 18.0 Å². The Bertz CT molecular complexity index is 849. The van der Waals surface area contributed by atoms with Crippen LogP contribution in [-0.4, -0.2) is 28.3 Å². The van der Waals surface area contributed by atoms with Crippen LogP contribution in [0, 0.1) is 0 Å². The van der Waals surface area contributed by atoms with Crippen molar-refractivity contribution in [3.8, 4) is 0 Å². The highest BCUT2D eigenvalue weighted by Gasteiger charge is 2.35. The first kappa shape index (κ1) is 19.8. The Morgan fingerprint density at radius 3 is 2.96 bits per heavy atom. The summed E-state index contributed by atoms with van der Waals surface area (Å²) in [6, 6.07) is 1.90. The second-order valence-electron chi connectivity index (χ2n) is 5.93. The number of halogens is 4. The third-order valence-electron chi connectivity index (χ3n) is 4.01. The van der Waals surface area contributed by atoms with Gasteiger partial charge in [0, 0.05) is 16.8 Å². The zero-order valence-corrected chi connectivity index (χ0v) is 15.9. The lowest BCUT2D eigenvalue weighted by Gasteiger charge is -2.23. The lowest BCUT2D eigenvalue weighted by molar-refractivity contribution is -0.0889. The zero-order chi connectivity index (χ0) is 19.6. The first-order valence-corrected chi connectivity index (χ1v) is 9.75. The quantitative estimate of drug-likeness (QED) is 0.435. The number of nitrogens with zero attached hydrogens (tertiary/aromatic N) is 1. The van der Waals surface area contributed by atoms with Gasteiger partial charge in [0.25, 0.3) is 5.91 Å². The number of aryl methyl sites for hydroxylation is 1. The van der Waals surface area contributed by atoms with E-state index in [-0.39, 0.29) is 11.4 Å². The summed E-state index contributed by atoms with van der Waals surface area (Å²) in [5.74, 6) is 0.152. The first-order chi connectivity index (χ1) is 12.8. The fraction of sp³-hybridized carbons (Fsp3) is 0.333. The van der Waals surface area contributed by atoms with Gasteiger partial charge in [0.1, 0.15) is 11.2 Å². The van der Waals surface area contributed by atoms with Crippen molar-refractivity contribution in [2.24, 2.45) is 0 Å². The first-order valence-electron chi connectivity index (χ1n) is 8.33. The van der Waals surface area contributed by atoms with Crippen LogP contribution in [0.25, 0.3) is 6.08 Å². The van der Waals surface area contributed by atoms with E-state index in [1.54, 1.807) is 0 Å². The van der Waals surface area contributed by atoms with Crippen LogP contribution in [0.4, 0.5) is 13.2 Å². The fourth-order valence-corrected chi connectivity index (χ4v) is 3.72. The van der Waals surface area contributed by atoms with Crippen LogP contribution in [0.3, 0.4) is 0 Å². The van der Waals surface area contributed by atoms with Gasteiger partial charge in [0.15, 0.2) is 0 Å². The number of aromatic nitrogens is 1. The number of allylic oxidation sites excluding steroid dienone is 3. The molecule has 9 heteroatoms. The van der Waals surface area contributed by atoms with Crippen molar-refractivity contribution in [1.29, 1.82) is 0 Å². The molecule has 3 rings (SSSR count). The van der Waals surface area contributed by atoms with E-state index in [2.05, 4.69) is 15.6 Å². The molecule has 2 N–H and O–H groups in total. The fourth-order valence-electron chi connectivity index (χ4n) is 2.74. The summed E-state index contributed by atoms with van der Waals surface area (Å²) in [6.45, 7) is 1.95. The van der Waals surface area contributed by atoms with Crippen molar-refractivity contribution in [3.05, 3.63) is 52.6 Å². The van der Waals surface area contributed by atoms with Crippen LogP contribution >= 0.6 is 23.4 Å². The number of carbonyl (C=O) groups excluding carboxylic acids is 1. The molecule has 0 radical (unpaired) electrons. The smallest absolute Gasteiger partial charge is 0.370 e. The van der Waals surface area contributed by atoms with Crippen LogP contribution in [-0.2, 0) is 6.42 Å². The number of alkyl halides is 4. The molecule has 0 bridgehead atoms. The van der Waals surface area contributed by atoms with Gasteiger partial charge in [-0.15, -0.1) is 11.8 Å². The van der Waals surface area contributed by atoms with Gasteiger partial charge >= 0.3 is 6.18 Å². The number of nitrogens with one attached hydrogen (secondary N) is 2. The van der Waals surface area contributed by atoms with E-state index in [0.29, 0.717) is 11.3 Å². The molecule has 1 aromatic heterocycles. The number of hydrogen-bond donors (Lipinski definition) is 2. The molecule has 0 aromatic carbocycles. The molecule has 1 unspecified atom stereocenters. The Balaban J connectivity index is 1.90. The standard InChI is InChI=1S/C18H17ClF3N3OS/c1-2-27-14-7-10-5-3-4-6-12(10)24-15(14)17(26)25-13-8-11(18(20,21)22)9-23-16(13)19/h3,5,7-9,16,23H,2,4,6H2,1H3,(H,25,26). The summed E-state index contributed by atoms with van der Waals surface area (Å²) in [6.07, 6.45) is 2.64. The monoisotopic (exact) mass is 415 g/mol. The summed E-state index contributed by atoms with van der Waals surface area (Å²) in [4.78, 5) is 17.9. The van der Waals surface area contributed by atoms with Crippen LogP contribution in [0.1, 0.15) is 35.1 Å². The topological polar surface area (TPSA) is 54.0 Å². The molecule has 1 atom stereocenters. The molecule has 4 nitrogen and oxygen atoms in total. The van der Waals surface area contributed by atoms with Gasteiger partial charge in [0.05, 0.1) is 11.3 Å². The van der Waals surface area contributed by atoms with E-state index < -0.39 is 23.2 Å². The number of pyridine rings is 1. The van der Waals surface area contributed by atoms with Gasteiger partial charge in [-0.1, -0.05) is 30.7 Å². The van der Waals surface area contributed by atoms with E-state index in [4.69, 9.17) is 11.6 Å². The largest absolute Gasteiger partial charge is 0.417 e. The van der Waals surface area contributed by atoms with Crippen molar-refractivity contribution in [2.45, 2.75) is 36.3 Å². The van der Waals surface area contributed by atoms with Crippen molar-refractivity contribution < 1.29 is 18.0 Å². The number of hydrogen-bond acceptors (Lipinski definition) is 4. The van der Waals surface area contributed by atoms with E-state index in [1.807, 2.05) is 25.1 Å². The Morgan fingerprint density at radius 2 is 2.26 bits per heavy atom. The number of amides is 1. The zero-order valence-electron chi connectivity index (χ0n) is 14.4. The Labute approximate surface area is 163 Å². The average Bonchev–Trinajstić information content (AvgIpc) is 2.62. The molecule has 144 valence electrons. The Hall–Kier alpha value is -1.93. The van der Waals surface area contributed by atoms with Gasteiger partial charge in [-0.05, 0) is 36.3 Å². The van der Waals surface area contributed by atoms with Crippen LogP contribution in [0.5, 0.6) is 0 Å². The molecule has 1 aliphatic carbocycles. The van der Waals surface area contributed by atoms with Crippen molar-refractivity contribution in [3.63, 3.8) is 0 Å². The maximum atomic E-state index is 12.9. The molecule has 0 fully saturated rings. The predicted molar refractivity (Wildman–Crippen MR) is 100 cm³/mol. The second-order valence-corrected chi connectivity index (χ2v) is 7.67. The molecular formula is C18H17ClF3N3OS. The number of carbonyl (C=O) groups is 1.